The van der Waals surface area contributed by atoms with E-state index in [1.165, 1.54) is 17.2 Å². The first-order valence-electron chi connectivity index (χ1n) is 5.21. The molecule has 0 bridgehead atoms. The molecule has 3 aromatic heterocycles. The Morgan fingerprint density at radius 1 is 1.21 bits per heavy atom. The molecule has 0 spiro atoms. The zero-order valence-electron chi connectivity index (χ0n) is 9.48. The van der Waals surface area contributed by atoms with Gasteiger partial charge in [0.2, 0.25) is 11.5 Å². The number of hydrogen-bond acceptors (Lipinski definition) is 8. The average Bonchev–Trinajstić information content (AvgIpc) is 2.94. The second kappa shape index (κ2) is 3.85. The fourth-order valence-electron chi connectivity index (χ4n) is 1.72. The molecule has 0 aromatic carbocycles. The van der Waals surface area contributed by atoms with Crippen molar-refractivity contribution in [1.82, 2.24) is 19.5 Å². The third kappa shape index (κ3) is 1.48. The Morgan fingerprint density at radius 3 is 2.68 bits per heavy atom. The van der Waals surface area contributed by atoms with Crippen molar-refractivity contribution in [3.63, 3.8) is 0 Å². The topological polar surface area (TPSA) is 143 Å². The van der Waals surface area contributed by atoms with Gasteiger partial charge in [0.1, 0.15) is 19.3 Å². The van der Waals surface area contributed by atoms with Gasteiger partial charge < -0.3 is 25.5 Å². The van der Waals surface area contributed by atoms with Crippen LogP contribution in [0.4, 0.5) is 5.82 Å². The summed E-state index contributed by atoms with van der Waals surface area (Å²) in [6, 6.07) is 0. The number of hydrogen-bond donors (Lipinski definition) is 4. The number of furan rings is 1. The number of aromatic hydroxyl groups is 2. The molecule has 5 N–H and O–H groups in total. The fourth-order valence-corrected chi connectivity index (χ4v) is 1.72. The number of aromatic nitrogens is 4. The van der Waals surface area contributed by atoms with Crippen LogP contribution in [0.15, 0.2) is 17.1 Å². The molecule has 3 aromatic rings. The monoisotopic (exact) mass is 263 g/mol. The minimum absolute atomic E-state index is 0.109. The molecule has 19 heavy (non-hydrogen) atoms. The Kier molecular flexibility index (Phi) is 2.29. The van der Waals surface area contributed by atoms with Gasteiger partial charge in [-0.05, 0) is 0 Å². The van der Waals surface area contributed by atoms with E-state index in [-0.39, 0.29) is 17.5 Å². The van der Waals surface area contributed by atoms with Gasteiger partial charge >= 0.3 is 0 Å². The maximum atomic E-state index is 9.77. The summed E-state index contributed by atoms with van der Waals surface area (Å²) in [6.07, 6.45) is 2.55. The van der Waals surface area contributed by atoms with E-state index in [9.17, 15) is 10.2 Å². The van der Waals surface area contributed by atoms with Crippen molar-refractivity contribution >= 4 is 17.0 Å². The minimum atomic E-state index is -0.552. The highest BCUT2D eigenvalue weighted by Crippen LogP contribution is 2.39. The smallest absolute Gasteiger partial charge is 0.253 e. The van der Waals surface area contributed by atoms with Crippen molar-refractivity contribution in [1.29, 1.82) is 0 Å². The van der Waals surface area contributed by atoms with Crippen LogP contribution in [0.1, 0.15) is 5.76 Å². The van der Waals surface area contributed by atoms with Gasteiger partial charge in [0.25, 0.3) is 5.88 Å². The van der Waals surface area contributed by atoms with Crippen molar-refractivity contribution in [3.8, 4) is 17.4 Å². The summed E-state index contributed by atoms with van der Waals surface area (Å²) in [5.74, 6) is -1.12. The van der Waals surface area contributed by atoms with Gasteiger partial charge in [-0.2, -0.15) is 0 Å². The maximum absolute atomic E-state index is 9.77. The summed E-state index contributed by atoms with van der Waals surface area (Å²) in [4.78, 5) is 11.8. The lowest BCUT2D eigenvalue weighted by molar-refractivity contribution is 0.239. The zero-order chi connectivity index (χ0) is 13.6. The molecule has 0 aliphatic carbocycles. The number of nitrogen functional groups attached to an aromatic ring is 1. The first-order chi connectivity index (χ1) is 9.13. The van der Waals surface area contributed by atoms with Crippen molar-refractivity contribution in [2.75, 3.05) is 5.73 Å². The highest BCUT2D eigenvalue weighted by atomic mass is 16.4. The number of aliphatic hydroxyl groups is 1. The maximum Gasteiger partial charge on any atom is 0.253 e. The summed E-state index contributed by atoms with van der Waals surface area (Å²) in [7, 11) is 0. The first kappa shape index (κ1) is 11.3. The first-order valence-corrected chi connectivity index (χ1v) is 5.21. The lowest BCUT2D eigenvalue weighted by Gasteiger charge is -1.99. The Bertz CT molecular complexity index is 763. The van der Waals surface area contributed by atoms with Gasteiger partial charge in [-0.3, -0.25) is 0 Å². The second-order valence-corrected chi connectivity index (χ2v) is 3.73. The number of anilines is 1. The predicted octanol–water partition coefficient (Wildman–Crippen LogP) is -0.106. The molecular weight excluding hydrogens is 254 g/mol. The quantitative estimate of drug-likeness (QED) is 0.501. The number of nitrogens with zero attached hydrogens (tertiary/aromatic N) is 4. The van der Waals surface area contributed by atoms with E-state index in [1.807, 2.05) is 0 Å². The summed E-state index contributed by atoms with van der Waals surface area (Å²) >= 11 is 0. The third-order valence-electron chi connectivity index (χ3n) is 2.64. The SMILES string of the molecule is Nc1ncnc2c1ncn2-c1oc(CO)c(O)c1O. The molecule has 0 fully saturated rings. The van der Waals surface area contributed by atoms with E-state index in [1.54, 1.807) is 0 Å². The number of fused-ring (bicyclic) bond motifs is 1. The van der Waals surface area contributed by atoms with Crippen LogP contribution < -0.4 is 5.73 Å². The highest BCUT2D eigenvalue weighted by Gasteiger charge is 2.22. The summed E-state index contributed by atoms with van der Waals surface area (Å²) in [5, 5.41) is 28.3. The molecule has 9 heteroatoms. The molecule has 98 valence electrons. The van der Waals surface area contributed by atoms with Crippen molar-refractivity contribution < 1.29 is 19.7 Å². The molecular formula is C10H9N5O4. The van der Waals surface area contributed by atoms with E-state index in [4.69, 9.17) is 15.3 Å². The molecule has 0 aliphatic heterocycles. The number of rotatable bonds is 2. The number of nitrogens with two attached hydrogens (primary N) is 1. The van der Waals surface area contributed by atoms with Crippen molar-refractivity contribution in [2.45, 2.75) is 6.61 Å². The van der Waals surface area contributed by atoms with Crippen LogP contribution in [-0.2, 0) is 6.61 Å². The molecule has 3 rings (SSSR count). The standard InChI is InChI=1S/C10H9N5O4/c11-8-5-9(13-2-12-8)15(3-14-5)10-7(18)6(17)4(1-16)19-10/h2-3,16-18H,1H2,(H2,11,12,13). The lowest BCUT2D eigenvalue weighted by Crippen LogP contribution is -1.96. The van der Waals surface area contributed by atoms with Gasteiger partial charge in [0.05, 0.1) is 0 Å². The number of aliphatic hydroxyl groups excluding tert-OH is 1. The molecule has 0 saturated heterocycles. The van der Waals surface area contributed by atoms with Crippen molar-refractivity contribution in [3.05, 3.63) is 18.4 Å². The van der Waals surface area contributed by atoms with Gasteiger partial charge in [0.15, 0.2) is 22.7 Å². The fraction of sp³-hybridized carbons (Fsp3) is 0.100. The van der Waals surface area contributed by atoms with Gasteiger partial charge in [0, 0.05) is 0 Å². The second-order valence-electron chi connectivity index (χ2n) is 3.73. The van der Waals surface area contributed by atoms with Crippen LogP contribution >= 0.6 is 0 Å². The average molecular weight is 263 g/mol. The molecule has 0 saturated carbocycles. The van der Waals surface area contributed by atoms with Gasteiger partial charge in [-0.1, -0.05) is 0 Å². The van der Waals surface area contributed by atoms with Gasteiger partial charge in [-0.25, -0.2) is 19.5 Å². The zero-order valence-corrected chi connectivity index (χ0v) is 9.48. The summed E-state index contributed by atoms with van der Waals surface area (Å²) in [6.45, 7) is -0.552. The largest absolute Gasteiger partial charge is 0.502 e. The third-order valence-corrected chi connectivity index (χ3v) is 2.64. The van der Waals surface area contributed by atoms with E-state index in [0.29, 0.717) is 11.2 Å². The van der Waals surface area contributed by atoms with Gasteiger partial charge in [-0.15, -0.1) is 0 Å². The molecule has 0 radical (unpaired) electrons. The molecule has 0 atom stereocenters. The summed E-state index contributed by atoms with van der Waals surface area (Å²) in [5.41, 5.74) is 6.28. The van der Waals surface area contributed by atoms with Crippen LogP contribution in [0.25, 0.3) is 17.0 Å². The molecule has 0 amide bonds. The van der Waals surface area contributed by atoms with E-state index < -0.39 is 18.1 Å². The molecule has 9 nitrogen and oxygen atoms in total. The van der Waals surface area contributed by atoms with Crippen LogP contribution in [0, 0.1) is 0 Å². The molecule has 0 unspecified atom stereocenters. The van der Waals surface area contributed by atoms with Crippen LogP contribution in [0.2, 0.25) is 0 Å². The van der Waals surface area contributed by atoms with Crippen LogP contribution in [0.3, 0.4) is 0 Å². The predicted molar refractivity (Wildman–Crippen MR) is 62.6 cm³/mol. The van der Waals surface area contributed by atoms with E-state index in [2.05, 4.69) is 15.0 Å². The Morgan fingerprint density at radius 2 is 2.00 bits per heavy atom. The van der Waals surface area contributed by atoms with Crippen molar-refractivity contribution in [2.24, 2.45) is 0 Å². The Labute approximate surface area is 105 Å². The Hall–Kier alpha value is -2.81. The minimum Gasteiger partial charge on any atom is -0.502 e. The summed E-state index contributed by atoms with van der Waals surface area (Å²) < 4.78 is 6.45. The van der Waals surface area contributed by atoms with E-state index >= 15 is 0 Å². The van der Waals surface area contributed by atoms with Crippen LogP contribution in [0.5, 0.6) is 11.5 Å². The van der Waals surface area contributed by atoms with E-state index in [0.717, 1.165) is 0 Å². The molecule has 0 aliphatic rings. The normalized spacial score (nSPS) is 11.2. The Balaban J connectivity index is 2.28. The lowest BCUT2D eigenvalue weighted by atomic mass is 10.4. The molecule has 3 heterocycles. The number of imidazole rings is 1. The highest BCUT2D eigenvalue weighted by molar-refractivity contribution is 5.82. The van der Waals surface area contributed by atoms with Crippen LogP contribution in [-0.4, -0.2) is 34.8 Å².